The molecule has 184 valence electrons. The summed E-state index contributed by atoms with van der Waals surface area (Å²) >= 11 is 1.46. The van der Waals surface area contributed by atoms with Crippen molar-refractivity contribution >= 4 is 29.3 Å². The number of anilines is 1. The molecule has 0 saturated carbocycles. The molecule has 1 aromatic heterocycles. The van der Waals surface area contributed by atoms with Crippen LogP contribution in [0.25, 0.3) is 5.69 Å². The van der Waals surface area contributed by atoms with Crippen molar-refractivity contribution in [2.24, 2.45) is 0 Å². The number of para-hydroxylation sites is 1. The molecule has 35 heavy (non-hydrogen) atoms. The van der Waals surface area contributed by atoms with Crippen LogP contribution < -0.4 is 5.32 Å². The van der Waals surface area contributed by atoms with Crippen LogP contribution in [0, 0.1) is 27.7 Å². The Morgan fingerprint density at radius 2 is 1.69 bits per heavy atom. The number of thioether (sulfide) groups is 1. The van der Waals surface area contributed by atoms with Crippen molar-refractivity contribution in [3.8, 4) is 5.69 Å². The highest BCUT2D eigenvalue weighted by molar-refractivity contribution is 7.99. The van der Waals surface area contributed by atoms with Gasteiger partial charge in [-0.3, -0.25) is 19.1 Å². The van der Waals surface area contributed by atoms with Crippen LogP contribution in [0.3, 0.4) is 0 Å². The molecule has 0 unspecified atom stereocenters. The number of aryl methyl sites for hydroxylation is 4. The SMILES string of the molecule is Cc1ccc(C)c(-n2ccnc2SCC(=O)N2CCN(CC(=O)Nc3c(C)cccc3C)CC2)c1. The molecule has 4 rings (SSSR count). The second-order valence-electron chi connectivity index (χ2n) is 9.13. The quantitative estimate of drug-likeness (QED) is 0.506. The molecule has 2 heterocycles. The van der Waals surface area contributed by atoms with Crippen LogP contribution in [0.5, 0.6) is 0 Å². The number of aromatic nitrogens is 2. The molecule has 2 amide bonds. The molecule has 0 radical (unpaired) electrons. The van der Waals surface area contributed by atoms with Gasteiger partial charge in [-0.1, -0.05) is 42.1 Å². The standard InChI is InChI=1S/C27H33N5O2S/c1-19-8-9-20(2)23(16-19)32-11-10-28-27(32)35-18-25(34)31-14-12-30(13-15-31)17-24(33)29-26-21(3)6-5-7-22(26)4/h5-11,16H,12-15,17-18H2,1-4H3,(H,29,33). The molecule has 1 saturated heterocycles. The average molecular weight is 492 g/mol. The molecule has 0 bridgehead atoms. The van der Waals surface area contributed by atoms with E-state index in [0.717, 1.165) is 27.7 Å². The van der Waals surface area contributed by atoms with Gasteiger partial charge in [0.2, 0.25) is 11.8 Å². The maximum Gasteiger partial charge on any atom is 0.238 e. The molecule has 7 nitrogen and oxygen atoms in total. The zero-order chi connectivity index (χ0) is 24.9. The van der Waals surface area contributed by atoms with Crippen molar-refractivity contribution in [3.63, 3.8) is 0 Å². The number of amides is 2. The van der Waals surface area contributed by atoms with E-state index in [2.05, 4.69) is 47.2 Å². The molecule has 0 atom stereocenters. The Morgan fingerprint density at radius 1 is 0.971 bits per heavy atom. The lowest BCUT2D eigenvalue weighted by atomic mass is 10.1. The third kappa shape index (κ3) is 6.13. The molecule has 8 heteroatoms. The Balaban J connectivity index is 1.26. The van der Waals surface area contributed by atoms with Gasteiger partial charge in [-0.25, -0.2) is 4.98 Å². The number of imidazole rings is 1. The van der Waals surface area contributed by atoms with E-state index in [1.807, 2.05) is 47.7 Å². The lowest BCUT2D eigenvalue weighted by molar-refractivity contribution is -0.130. The molecule has 1 aliphatic heterocycles. The molecule has 0 spiro atoms. The summed E-state index contributed by atoms with van der Waals surface area (Å²) in [5.41, 5.74) is 6.45. The number of nitrogens with one attached hydrogen (secondary N) is 1. The van der Waals surface area contributed by atoms with E-state index >= 15 is 0 Å². The fourth-order valence-electron chi connectivity index (χ4n) is 4.33. The third-order valence-corrected chi connectivity index (χ3v) is 7.35. The predicted octanol–water partition coefficient (Wildman–Crippen LogP) is 3.98. The van der Waals surface area contributed by atoms with Crippen molar-refractivity contribution in [2.45, 2.75) is 32.9 Å². The van der Waals surface area contributed by atoms with Gasteiger partial charge < -0.3 is 10.2 Å². The lowest BCUT2D eigenvalue weighted by Gasteiger charge is -2.34. The molecule has 1 N–H and O–H groups in total. The summed E-state index contributed by atoms with van der Waals surface area (Å²) in [6, 6.07) is 12.3. The van der Waals surface area contributed by atoms with Crippen molar-refractivity contribution in [1.29, 1.82) is 0 Å². The monoisotopic (exact) mass is 491 g/mol. The first-order valence-electron chi connectivity index (χ1n) is 11.9. The maximum absolute atomic E-state index is 12.9. The van der Waals surface area contributed by atoms with E-state index in [9.17, 15) is 9.59 Å². The van der Waals surface area contributed by atoms with E-state index in [4.69, 9.17) is 0 Å². The van der Waals surface area contributed by atoms with Gasteiger partial charge in [0.05, 0.1) is 18.0 Å². The van der Waals surface area contributed by atoms with Crippen molar-refractivity contribution in [1.82, 2.24) is 19.4 Å². The number of benzene rings is 2. The minimum atomic E-state index is -0.0176. The second kappa shape index (κ2) is 11.1. The summed E-state index contributed by atoms with van der Waals surface area (Å²) in [5, 5.41) is 3.86. The Bertz CT molecular complexity index is 1190. The van der Waals surface area contributed by atoms with Crippen molar-refractivity contribution < 1.29 is 9.59 Å². The summed E-state index contributed by atoms with van der Waals surface area (Å²) in [5.74, 6) is 0.427. The van der Waals surface area contributed by atoms with Crippen molar-refractivity contribution in [3.05, 3.63) is 71.0 Å². The van der Waals surface area contributed by atoms with E-state index in [0.29, 0.717) is 38.5 Å². The normalized spacial score (nSPS) is 14.2. The van der Waals surface area contributed by atoms with E-state index in [-0.39, 0.29) is 11.8 Å². The molecular weight excluding hydrogens is 458 g/mol. The first-order valence-corrected chi connectivity index (χ1v) is 12.9. The van der Waals surface area contributed by atoms with Crippen LogP contribution in [-0.4, -0.2) is 69.6 Å². The van der Waals surface area contributed by atoms with Crippen LogP contribution in [0.15, 0.2) is 53.9 Å². The van der Waals surface area contributed by atoms with Gasteiger partial charge in [-0.05, 0) is 56.0 Å². The van der Waals surface area contributed by atoms with Gasteiger partial charge in [0.25, 0.3) is 0 Å². The molecule has 1 aliphatic rings. The largest absolute Gasteiger partial charge is 0.339 e. The molecular formula is C27H33N5O2S. The van der Waals surface area contributed by atoms with Crippen LogP contribution in [0.2, 0.25) is 0 Å². The van der Waals surface area contributed by atoms with Gasteiger partial charge in [0.15, 0.2) is 5.16 Å². The predicted molar refractivity (Wildman–Crippen MR) is 141 cm³/mol. The first kappa shape index (κ1) is 25.0. The molecule has 3 aromatic rings. The number of carbonyl (C=O) groups excluding carboxylic acids is 2. The van der Waals surface area contributed by atoms with E-state index in [1.54, 1.807) is 6.20 Å². The third-order valence-electron chi connectivity index (χ3n) is 6.39. The minimum Gasteiger partial charge on any atom is -0.339 e. The topological polar surface area (TPSA) is 70.5 Å². The van der Waals surface area contributed by atoms with Gasteiger partial charge in [0.1, 0.15) is 0 Å². The van der Waals surface area contributed by atoms with Crippen LogP contribution in [0.4, 0.5) is 5.69 Å². The summed E-state index contributed by atoms with van der Waals surface area (Å²) in [6.07, 6.45) is 3.72. The van der Waals surface area contributed by atoms with E-state index < -0.39 is 0 Å². The Kier molecular flexibility index (Phi) is 7.93. The van der Waals surface area contributed by atoms with Crippen LogP contribution in [-0.2, 0) is 9.59 Å². The van der Waals surface area contributed by atoms with E-state index in [1.165, 1.54) is 22.9 Å². The Labute approximate surface area is 211 Å². The molecule has 2 aromatic carbocycles. The summed E-state index contributed by atoms with van der Waals surface area (Å²) < 4.78 is 2.05. The Morgan fingerprint density at radius 3 is 2.40 bits per heavy atom. The number of carbonyl (C=O) groups is 2. The van der Waals surface area contributed by atoms with Gasteiger partial charge in [-0.15, -0.1) is 0 Å². The molecule has 0 aliphatic carbocycles. The fourth-order valence-corrected chi connectivity index (χ4v) is 5.19. The van der Waals surface area contributed by atoms with Crippen LogP contribution in [0.1, 0.15) is 22.3 Å². The smallest absolute Gasteiger partial charge is 0.238 e. The maximum atomic E-state index is 12.9. The van der Waals surface area contributed by atoms with Crippen LogP contribution >= 0.6 is 11.8 Å². The van der Waals surface area contributed by atoms with Gasteiger partial charge in [0, 0.05) is 44.3 Å². The lowest BCUT2D eigenvalue weighted by Crippen LogP contribution is -2.51. The van der Waals surface area contributed by atoms with Crippen molar-refractivity contribution in [2.75, 3.05) is 43.8 Å². The second-order valence-corrected chi connectivity index (χ2v) is 10.1. The fraction of sp³-hybridized carbons (Fsp3) is 0.370. The number of hydrogen-bond acceptors (Lipinski definition) is 5. The molecule has 1 fully saturated rings. The summed E-state index contributed by atoms with van der Waals surface area (Å²) in [6.45, 7) is 11.1. The highest BCUT2D eigenvalue weighted by Crippen LogP contribution is 2.24. The first-order chi connectivity index (χ1) is 16.8. The van der Waals surface area contributed by atoms with Gasteiger partial charge in [-0.2, -0.15) is 0 Å². The zero-order valence-corrected chi connectivity index (χ0v) is 21.7. The minimum absolute atomic E-state index is 0.0176. The highest BCUT2D eigenvalue weighted by Gasteiger charge is 2.23. The number of piperazine rings is 1. The number of hydrogen-bond donors (Lipinski definition) is 1. The highest BCUT2D eigenvalue weighted by atomic mass is 32.2. The Hall–Kier alpha value is -3.10. The average Bonchev–Trinajstić information content (AvgIpc) is 3.30. The summed E-state index contributed by atoms with van der Waals surface area (Å²) in [4.78, 5) is 33.9. The van der Waals surface area contributed by atoms with Gasteiger partial charge >= 0.3 is 0 Å². The number of rotatable bonds is 7. The summed E-state index contributed by atoms with van der Waals surface area (Å²) in [7, 11) is 0. The zero-order valence-electron chi connectivity index (χ0n) is 20.9. The number of nitrogens with zero attached hydrogens (tertiary/aromatic N) is 4.